The predicted octanol–water partition coefficient (Wildman–Crippen LogP) is 2.10. The average molecular weight is 204 g/mol. The number of carboxylic acid groups (broad SMARTS) is 1. The third kappa shape index (κ3) is 2.75. The Kier molecular flexibility index (Phi) is 3.75. The third-order valence-electron chi connectivity index (χ3n) is 1.94. The average Bonchev–Trinajstić information content (AvgIpc) is 2.20. The molecule has 78 valence electrons. The van der Waals surface area contributed by atoms with Gasteiger partial charge in [0.15, 0.2) is 0 Å². The van der Waals surface area contributed by atoms with E-state index < -0.39 is 5.97 Å². The molecule has 1 aromatic carbocycles. The minimum absolute atomic E-state index is 0.173. The van der Waals surface area contributed by atoms with Crippen molar-refractivity contribution in [2.24, 2.45) is 0 Å². The molecule has 0 atom stereocenters. The number of aromatic carboxylic acids is 1. The number of ether oxygens (including phenoxy) is 1. The van der Waals surface area contributed by atoms with Crippen LogP contribution in [0.3, 0.4) is 0 Å². The zero-order chi connectivity index (χ0) is 11.3. The van der Waals surface area contributed by atoms with Crippen LogP contribution in [-0.4, -0.2) is 17.7 Å². The van der Waals surface area contributed by atoms with Gasteiger partial charge >= 0.3 is 5.97 Å². The second-order valence-corrected chi connectivity index (χ2v) is 3.06. The van der Waals surface area contributed by atoms with E-state index in [0.717, 1.165) is 5.56 Å². The lowest BCUT2D eigenvalue weighted by Gasteiger charge is -2.10. The summed E-state index contributed by atoms with van der Waals surface area (Å²) in [5.41, 5.74) is 0.971. The normalized spacial score (nSPS) is 9.33. The van der Waals surface area contributed by atoms with Crippen LogP contribution in [0.2, 0.25) is 0 Å². The van der Waals surface area contributed by atoms with E-state index in [1.807, 2.05) is 0 Å². The van der Waals surface area contributed by atoms with Gasteiger partial charge in [0.2, 0.25) is 0 Å². The molecule has 0 bridgehead atoms. The van der Waals surface area contributed by atoms with Gasteiger partial charge in [-0.15, -0.1) is 12.3 Å². The monoisotopic (exact) mass is 204 g/mol. The number of hydrogen-bond acceptors (Lipinski definition) is 2. The lowest BCUT2D eigenvalue weighted by Crippen LogP contribution is -2.05. The summed E-state index contributed by atoms with van der Waals surface area (Å²) in [6.07, 6.45) is 5.55. The second-order valence-electron chi connectivity index (χ2n) is 3.06. The number of carbonyl (C=O) groups is 1. The van der Waals surface area contributed by atoms with Crippen molar-refractivity contribution in [1.29, 1.82) is 0 Å². The first kappa shape index (κ1) is 11.1. The van der Waals surface area contributed by atoms with Gasteiger partial charge in [-0.2, -0.15) is 0 Å². The van der Waals surface area contributed by atoms with Gasteiger partial charge in [-0.25, -0.2) is 4.79 Å². The van der Waals surface area contributed by atoms with Crippen molar-refractivity contribution in [3.63, 3.8) is 0 Å². The van der Waals surface area contributed by atoms with Crippen LogP contribution in [0, 0.1) is 19.3 Å². The Morgan fingerprint density at radius 1 is 1.60 bits per heavy atom. The summed E-state index contributed by atoms with van der Waals surface area (Å²) in [6.45, 7) is 2.14. The highest BCUT2D eigenvalue weighted by Crippen LogP contribution is 2.23. The first-order valence-corrected chi connectivity index (χ1v) is 4.56. The largest absolute Gasteiger partial charge is 0.491 e. The number of para-hydroxylation sites is 1. The summed E-state index contributed by atoms with van der Waals surface area (Å²) >= 11 is 0. The zero-order valence-electron chi connectivity index (χ0n) is 8.49. The summed E-state index contributed by atoms with van der Waals surface area (Å²) in [4.78, 5) is 10.9. The molecule has 0 spiro atoms. The molecule has 3 heteroatoms. The Morgan fingerprint density at radius 3 is 2.93 bits per heavy atom. The maximum Gasteiger partial charge on any atom is 0.339 e. The minimum atomic E-state index is -0.991. The maximum atomic E-state index is 10.9. The van der Waals surface area contributed by atoms with Gasteiger partial charge < -0.3 is 9.84 Å². The molecule has 0 radical (unpaired) electrons. The van der Waals surface area contributed by atoms with E-state index in [0.29, 0.717) is 18.8 Å². The third-order valence-corrected chi connectivity index (χ3v) is 1.94. The number of aryl methyl sites for hydroxylation is 1. The Bertz CT molecular complexity index is 402. The summed E-state index contributed by atoms with van der Waals surface area (Å²) in [6, 6.07) is 5.00. The molecule has 0 aromatic heterocycles. The number of carboxylic acids is 1. The van der Waals surface area contributed by atoms with E-state index >= 15 is 0 Å². The summed E-state index contributed by atoms with van der Waals surface area (Å²) in [7, 11) is 0. The minimum Gasteiger partial charge on any atom is -0.491 e. The van der Waals surface area contributed by atoms with Crippen LogP contribution in [-0.2, 0) is 0 Å². The molecule has 15 heavy (non-hydrogen) atoms. The van der Waals surface area contributed by atoms with E-state index in [4.69, 9.17) is 16.3 Å². The first-order chi connectivity index (χ1) is 7.16. The molecular weight excluding hydrogens is 192 g/mol. The molecule has 0 saturated heterocycles. The molecule has 0 heterocycles. The summed E-state index contributed by atoms with van der Waals surface area (Å²) < 4.78 is 5.35. The molecular formula is C12H12O3. The van der Waals surface area contributed by atoms with Gasteiger partial charge in [0.25, 0.3) is 0 Å². The van der Waals surface area contributed by atoms with E-state index in [9.17, 15) is 4.79 Å². The number of benzene rings is 1. The van der Waals surface area contributed by atoms with Crippen molar-refractivity contribution in [1.82, 2.24) is 0 Å². The highest BCUT2D eigenvalue weighted by atomic mass is 16.5. The Morgan fingerprint density at radius 2 is 2.33 bits per heavy atom. The van der Waals surface area contributed by atoms with Crippen molar-refractivity contribution in [2.45, 2.75) is 13.3 Å². The maximum absolute atomic E-state index is 10.9. The molecule has 0 aliphatic carbocycles. The molecule has 1 rings (SSSR count). The van der Waals surface area contributed by atoms with Crippen molar-refractivity contribution < 1.29 is 14.6 Å². The van der Waals surface area contributed by atoms with E-state index in [2.05, 4.69) is 5.92 Å². The predicted molar refractivity (Wildman–Crippen MR) is 57.1 cm³/mol. The van der Waals surface area contributed by atoms with Crippen LogP contribution >= 0.6 is 0 Å². The van der Waals surface area contributed by atoms with E-state index in [-0.39, 0.29) is 5.56 Å². The molecule has 0 amide bonds. The zero-order valence-corrected chi connectivity index (χ0v) is 8.49. The van der Waals surface area contributed by atoms with Gasteiger partial charge in [-0.1, -0.05) is 12.1 Å². The Labute approximate surface area is 88.7 Å². The van der Waals surface area contributed by atoms with Gasteiger partial charge in [0.05, 0.1) is 6.61 Å². The SMILES string of the molecule is C#CCCOc1c(C)cccc1C(=O)O. The van der Waals surface area contributed by atoms with Crippen molar-refractivity contribution >= 4 is 5.97 Å². The van der Waals surface area contributed by atoms with Crippen molar-refractivity contribution in [3.05, 3.63) is 29.3 Å². The van der Waals surface area contributed by atoms with Crippen LogP contribution in [0.25, 0.3) is 0 Å². The van der Waals surface area contributed by atoms with E-state index in [1.165, 1.54) is 6.07 Å². The number of hydrogen-bond donors (Lipinski definition) is 1. The van der Waals surface area contributed by atoms with Gasteiger partial charge in [0.1, 0.15) is 11.3 Å². The Balaban J connectivity index is 2.93. The van der Waals surface area contributed by atoms with E-state index in [1.54, 1.807) is 19.1 Å². The van der Waals surface area contributed by atoms with Crippen molar-refractivity contribution in [2.75, 3.05) is 6.61 Å². The number of terminal acetylenes is 1. The fraction of sp³-hybridized carbons (Fsp3) is 0.250. The fourth-order valence-corrected chi connectivity index (χ4v) is 1.22. The topological polar surface area (TPSA) is 46.5 Å². The summed E-state index contributed by atoms with van der Waals surface area (Å²) in [5, 5.41) is 8.93. The van der Waals surface area contributed by atoms with Crippen LogP contribution in [0.4, 0.5) is 0 Å². The lowest BCUT2D eigenvalue weighted by molar-refractivity contribution is 0.0692. The standard InChI is InChI=1S/C12H12O3/c1-3-4-8-15-11-9(2)6-5-7-10(11)12(13)14/h1,5-7H,4,8H2,2H3,(H,13,14). The first-order valence-electron chi connectivity index (χ1n) is 4.56. The van der Waals surface area contributed by atoms with Crippen LogP contribution in [0.1, 0.15) is 22.3 Å². The molecule has 1 N–H and O–H groups in total. The summed E-state index contributed by atoms with van der Waals surface area (Å²) in [5.74, 6) is 1.85. The van der Waals surface area contributed by atoms with Crippen LogP contribution in [0.15, 0.2) is 18.2 Å². The van der Waals surface area contributed by atoms with Gasteiger partial charge in [-0.05, 0) is 18.6 Å². The molecule has 0 unspecified atom stereocenters. The highest BCUT2D eigenvalue weighted by molar-refractivity contribution is 5.91. The molecule has 0 saturated carbocycles. The molecule has 1 aromatic rings. The highest BCUT2D eigenvalue weighted by Gasteiger charge is 2.12. The molecule has 3 nitrogen and oxygen atoms in total. The van der Waals surface area contributed by atoms with Crippen molar-refractivity contribution in [3.8, 4) is 18.1 Å². The smallest absolute Gasteiger partial charge is 0.339 e. The molecule has 0 fully saturated rings. The molecule has 0 aliphatic heterocycles. The van der Waals surface area contributed by atoms with Crippen LogP contribution < -0.4 is 4.74 Å². The second kappa shape index (κ2) is 5.06. The van der Waals surface area contributed by atoms with Crippen LogP contribution in [0.5, 0.6) is 5.75 Å². The quantitative estimate of drug-likeness (QED) is 0.603. The lowest BCUT2D eigenvalue weighted by atomic mass is 10.1. The molecule has 0 aliphatic rings. The fourth-order valence-electron chi connectivity index (χ4n) is 1.22. The Hall–Kier alpha value is -1.95. The van der Waals surface area contributed by atoms with Gasteiger partial charge in [-0.3, -0.25) is 0 Å². The number of rotatable bonds is 4. The van der Waals surface area contributed by atoms with Gasteiger partial charge in [0, 0.05) is 6.42 Å².